The Kier molecular flexibility index (Phi) is 2.86. The SMILES string of the molecule is Cc1nc2c(C(C)C)nc(C)c(C)c2nc1C. The van der Waals surface area contributed by atoms with Gasteiger partial charge >= 0.3 is 0 Å². The van der Waals surface area contributed by atoms with Crippen molar-refractivity contribution in [3.63, 3.8) is 0 Å². The summed E-state index contributed by atoms with van der Waals surface area (Å²) in [5.74, 6) is 0.369. The molecule has 0 fully saturated rings. The first kappa shape index (κ1) is 12.0. The minimum absolute atomic E-state index is 0.369. The predicted octanol–water partition coefficient (Wildman–Crippen LogP) is 3.38. The Balaban J connectivity index is 2.94. The van der Waals surface area contributed by atoms with Gasteiger partial charge in [-0.3, -0.25) is 4.98 Å². The van der Waals surface area contributed by atoms with Gasteiger partial charge in [0, 0.05) is 5.69 Å². The number of fused-ring (bicyclic) bond motifs is 1. The maximum Gasteiger partial charge on any atom is 0.111 e. The number of pyridine rings is 1. The van der Waals surface area contributed by atoms with E-state index in [1.54, 1.807) is 0 Å². The number of nitrogens with zero attached hydrogens (tertiary/aromatic N) is 3. The van der Waals surface area contributed by atoms with Gasteiger partial charge in [-0.15, -0.1) is 0 Å². The van der Waals surface area contributed by atoms with E-state index in [2.05, 4.69) is 35.7 Å². The molecule has 0 amide bonds. The van der Waals surface area contributed by atoms with Crippen molar-refractivity contribution >= 4 is 11.0 Å². The Morgan fingerprint density at radius 1 is 0.706 bits per heavy atom. The molecule has 2 heterocycles. The van der Waals surface area contributed by atoms with E-state index in [-0.39, 0.29) is 0 Å². The lowest BCUT2D eigenvalue weighted by Crippen LogP contribution is -2.05. The smallest absolute Gasteiger partial charge is 0.111 e. The first-order valence-corrected chi connectivity index (χ1v) is 6.04. The van der Waals surface area contributed by atoms with Crippen LogP contribution in [0, 0.1) is 27.7 Å². The molecule has 0 aliphatic carbocycles. The van der Waals surface area contributed by atoms with Gasteiger partial charge < -0.3 is 0 Å². The zero-order chi connectivity index (χ0) is 12.7. The Hall–Kier alpha value is -1.51. The molecule has 0 saturated carbocycles. The molecule has 90 valence electrons. The molecule has 0 unspecified atom stereocenters. The van der Waals surface area contributed by atoms with Crippen LogP contribution in [0.3, 0.4) is 0 Å². The van der Waals surface area contributed by atoms with Crippen LogP contribution >= 0.6 is 0 Å². The van der Waals surface area contributed by atoms with E-state index in [0.717, 1.165) is 39.4 Å². The molecule has 0 saturated heterocycles. The van der Waals surface area contributed by atoms with Gasteiger partial charge in [0.1, 0.15) is 5.52 Å². The Morgan fingerprint density at radius 2 is 1.24 bits per heavy atom. The molecule has 0 aliphatic rings. The molecule has 2 aromatic heterocycles. The zero-order valence-electron chi connectivity index (χ0n) is 11.4. The molecule has 0 bridgehead atoms. The topological polar surface area (TPSA) is 38.7 Å². The molecular formula is C14H19N3. The number of aryl methyl sites for hydroxylation is 4. The minimum Gasteiger partial charge on any atom is -0.255 e. The summed E-state index contributed by atoms with van der Waals surface area (Å²) >= 11 is 0. The normalized spacial score (nSPS) is 11.5. The number of aromatic nitrogens is 3. The summed E-state index contributed by atoms with van der Waals surface area (Å²) in [5, 5.41) is 0. The molecule has 0 radical (unpaired) electrons. The van der Waals surface area contributed by atoms with Crippen molar-refractivity contribution in [2.24, 2.45) is 0 Å². The highest BCUT2D eigenvalue weighted by atomic mass is 14.9. The van der Waals surface area contributed by atoms with E-state index in [0.29, 0.717) is 5.92 Å². The first-order valence-electron chi connectivity index (χ1n) is 6.04. The summed E-state index contributed by atoms with van der Waals surface area (Å²) in [6, 6.07) is 0. The Labute approximate surface area is 102 Å². The fourth-order valence-corrected chi connectivity index (χ4v) is 1.93. The molecule has 0 aromatic carbocycles. The number of hydrogen-bond donors (Lipinski definition) is 0. The molecule has 2 rings (SSSR count). The van der Waals surface area contributed by atoms with Gasteiger partial charge in [-0.05, 0) is 39.2 Å². The maximum absolute atomic E-state index is 4.68. The van der Waals surface area contributed by atoms with Gasteiger partial charge in [0.25, 0.3) is 0 Å². The first-order chi connectivity index (χ1) is 7.91. The van der Waals surface area contributed by atoms with E-state index in [9.17, 15) is 0 Å². The summed E-state index contributed by atoms with van der Waals surface area (Å²) in [4.78, 5) is 14.0. The molecule has 3 heteroatoms. The molecule has 17 heavy (non-hydrogen) atoms. The van der Waals surface area contributed by atoms with Gasteiger partial charge in [0.05, 0.1) is 22.6 Å². The van der Waals surface area contributed by atoms with Crippen molar-refractivity contribution in [1.82, 2.24) is 15.0 Å². The third kappa shape index (κ3) is 1.90. The second kappa shape index (κ2) is 4.06. The molecule has 0 N–H and O–H groups in total. The van der Waals surface area contributed by atoms with Crippen molar-refractivity contribution in [2.45, 2.75) is 47.5 Å². The highest BCUT2D eigenvalue weighted by Gasteiger charge is 2.14. The molecule has 0 aliphatic heterocycles. The van der Waals surface area contributed by atoms with E-state index in [1.165, 1.54) is 0 Å². The Bertz CT molecular complexity index is 586. The minimum atomic E-state index is 0.369. The summed E-state index contributed by atoms with van der Waals surface area (Å²) in [6.07, 6.45) is 0. The highest BCUT2D eigenvalue weighted by Crippen LogP contribution is 2.25. The molecule has 0 spiro atoms. The van der Waals surface area contributed by atoms with Gasteiger partial charge in [-0.25, -0.2) is 9.97 Å². The van der Waals surface area contributed by atoms with Crippen LogP contribution in [-0.4, -0.2) is 15.0 Å². The van der Waals surface area contributed by atoms with Crippen LogP contribution < -0.4 is 0 Å². The van der Waals surface area contributed by atoms with Crippen molar-refractivity contribution in [2.75, 3.05) is 0 Å². The largest absolute Gasteiger partial charge is 0.255 e. The molecule has 3 nitrogen and oxygen atoms in total. The quantitative estimate of drug-likeness (QED) is 0.752. The lowest BCUT2D eigenvalue weighted by Gasteiger charge is -2.13. The van der Waals surface area contributed by atoms with Crippen LogP contribution in [0.25, 0.3) is 11.0 Å². The van der Waals surface area contributed by atoms with Crippen molar-refractivity contribution < 1.29 is 0 Å². The highest BCUT2D eigenvalue weighted by molar-refractivity contribution is 5.81. The van der Waals surface area contributed by atoms with E-state index in [4.69, 9.17) is 0 Å². The number of hydrogen-bond acceptors (Lipinski definition) is 3. The second-order valence-electron chi connectivity index (χ2n) is 4.95. The van der Waals surface area contributed by atoms with E-state index >= 15 is 0 Å². The van der Waals surface area contributed by atoms with Crippen molar-refractivity contribution in [3.05, 3.63) is 28.3 Å². The van der Waals surface area contributed by atoms with Crippen LogP contribution in [0.1, 0.15) is 48.1 Å². The predicted molar refractivity (Wildman–Crippen MR) is 70.4 cm³/mol. The monoisotopic (exact) mass is 229 g/mol. The molecular weight excluding hydrogens is 210 g/mol. The number of rotatable bonds is 1. The van der Waals surface area contributed by atoms with Crippen LogP contribution in [-0.2, 0) is 0 Å². The van der Waals surface area contributed by atoms with Gasteiger partial charge in [-0.1, -0.05) is 13.8 Å². The average molecular weight is 229 g/mol. The van der Waals surface area contributed by atoms with Crippen LogP contribution in [0.15, 0.2) is 0 Å². The summed E-state index contributed by atoms with van der Waals surface area (Å²) < 4.78 is 0. The summed E-state index contributed by atoms with van der Waals surface area (Å²) in [5.41, 5.74) is 7.21. The molecule has 2 aromatic rings. The van der Waals surface area contributed by atoms with Crippen molar-refractivity contribution in [1.29, 1.82) is 0 Å². The van der Waals surface area contributed by atoms with E-state index in [1.807, 2.05) is 20.8 Å². The lowest BCUT2D eigenvalue weighted by molar-refractivity contribution is 0.818. The third-order valence-electron chi connectivity index (χ3n) is 3.28. The maximum atomic E-state index is 4.68. The van der Waals surface area contributed by atoms with Gasteiger partial charge in [0.15, 0.2) is 0 Å². The van der Waals surface area contributed by atoms with Gasteiger partial charge in [0.2, 0.25) is 0 Å². The fourth-order valence-electron chi connectivity index (χ4n) is 1.93. The van der Waals surface area contributed by atoms with Crippen LogP contribution in [0.4, 0.5) is 0 Å². The third-order valence-corrected chi connectivity index (χ3v) is 3.28. The summed E-state index contributed by atoms with van der Waals surface area (Å²) in [6.45, 7) is 12.4. The van der Waals surface area contributed by atoms with Crippen LogP contribution in [0.5, 0.6) is 0 Å². The van der Waals surface area contributed by atoms with Crippen molar-refractivity contribution in [3.8, 4) is 0 Å². The van der Waals surface area contributed by atoms with E-state index < -0.39 is 0 Å². The molecule has 0 atom stereocenters. The van der Waals surface area contributed by atoms with Crippen LogP contribution in [0.2, 0.25) is 0 Å². The average Bonchev–Trinajstić information content (AvgIpc) is 2.26. The lowest BCUT2D eigenvalue weighted by atomic mass is 10.0. The fraction of sp³-hybridized carbons (Fsp3) is 0.500. The summed E-state index contributed by atoms with van der Waals surface area (Å²) in [7, 11) is 0. The Morgan fingerprint density at radius 3 is 1.76 bits per heavy atom. The zero-order valence-corrected chi connectivity index (χ0v) is 11.4. The standard InChI is InChI=1S/C14H19N3/c1-7(2)12-14-13(8(3)9(4)15-12)16-10(5)11(6)17-14/h7H,1-6H3. The van der Waals surface area contributed by atoms with Gasteiger partial charge in [-0.2, -0.15) is 0 Å². The second-order valence-corrected chi connectivity index (χ2v) is 4.95.